The smallest absolute Gasteiger partial charge is 0.276 e. The summed E-state index contributed by atoms with van der Waals surface area (Å²) >= 11 is 0. The van der Waals surface area contributed by atoms with Crippen LogP contribution < -0.4 is 11.0 Å². The molecule has 3 rings (SSSR count). The molecule has 0 saturated carbocycles. The molecule has 0 aliphatic carbocycles. The molecular formula is C19H20N4O2. The Balaban J connectivity index is 1.89. The largest absolute Gasteiger partial charge is 0.344 e. The molecule has 0 saturated heterocycles. The van der Waals surface area contributed by atoms with Crippen LogP contribution in [0.15, 0.2) is 52.5 Å². The van der Waals surface area contributed by atoms with Crippen LogP contribution in [-0.4, -0.2) is 21.3 Å². The summed E-state index contributed by atoms with van der Waals surface area (Å²) in [5, 5.41) is 5.14. The number of carbonyl (C=O) groups is 1. The van der Waals surface area contributed by atoms with Gasteiger partial charge in [0.2, 0.25) is 0 Å². The van der Waals surface area contributed by atoms with Crippen molar-refractivity contribution in [2.45, 2.75) is 20.4 Å². The summed E-state index contributed by atoms with van der Waals surface area (Å²) in [7, 11) is 1.60. The van der Waals surface area contributed by atoms with Gasteiger partial charge in [0.05, 0.1) is 6.21 Å². The van der Waals surface area contributed by atoms with Crippen molar-refractivity contribution in [2.24, 2.45) is 12.1 Å². The molecule has 1 amide bonds. The van der Waals surface area contributed by atoms with Crippen LogP contribution in [0.1, 0.15) is 28.5 Å². The molecule has 6 nitrogen and oxygen atoms in total. The average molecular weight is 336 g/mol. The van der Waals surface area contributed by atoms with Crippen LogP contribution >= 0.6 is 0 Å². The number of fused-ring (bicyclic) bond motifs is 1. The second-order valence-electron chi connectivity index (χ2n) is 5.80. The van der Waals surface area contributed by atoms with E-state index in [1.54, 1.807) is 25.5 Å². The van der Waals surface area contributed by atoms with E-state index in [0.29, 0.717) is 0 Å². The number of carbonyl (C=O) groups excluding carboxylic acids is 1. The van der Waals surface area contributed by atoms with E-state index in [4.69, 9.17) is 0 Å². The Morgan fingerprint density at radius 1 is 1.24 bits per heavy atom. The van der Waals surface area contributed by atoms with Crippen LogP contribution in [0.2, 0.25) is 0 Å². The number of nitrogens with one attached hydrogen (secondary N) is 1. The van der Waals surface area contributed by atoms with Crippen molar-refractivity contribution in [3.05, 3.63) is 69.8 Å². The highest BCUT2D eigenvalue weighted by atomic mass is 16.2. The lowest BCUT2D eigenvalue weighted by Crippen LogP contribution is -2.29. The minimum atomic E-state index is -0.519. The monoisotopic (exact) mass is 336 g/mol. The van der Waals surface area contributed by atoms with Gasteiger partial charge in [-0.2, -0.15) is 5.10 Å². The minimum absolute atomic E-state index is 0.0647. The van der Waals surface area contributed by atoms with Crippen LogP contribution in [0.3, 0.4) is 0 Å². The van der Waals surface area contributed by atoms with Crippen LogP contribution in [-0.2, 0) is 13.6 Å². The Bertz CT molecular complexity index is 1030. The SMILES string of the molecule is CCn1c(C)c(/C=N\NC(=O)c2cccn(C)c2=O)c2ccccc21. The zero-order chi connectivity index (χ0) is 18.0. The molecular weight excluding hydrogens is 316 g/mol. The van der Waals surface area contributed by atoms with Crippen molar-refractivity contribution >= 4 is 23.0 Å². The number of hydrazone groups is 1. The van der Waals surface area contributed by atoms with Gasteiger partial charge in [-0.1, -0.05) is 18.2 Å². The highest BCUT2D eigenvalue weighted by Crippen LogP contribution is 2.24. The summed E-state index contributed by atoms with van der Waals surface area (Å²) in [6, 6.07) is 11.2. The van der Waals surface area contributed by atoms with Gasteiger partial charge < -0.3 is 9.13 Å². The standard InChI is InChI=1S/C19H20N4O2/c1-4-23-13(2)16(14-8-5-6-10-17(14)23)12-20-21-18(24)15-9-7-11-22(3)19(15)25/h5-12H,4H2,1-3H3,(H,21,24)/b20-12-. The highest BCUT2D eigenvalue weighted by Gasteiger charge is 2.12. The zero-order valence-corrected chi connectivity index (χ0v) is 14.5. The molecule has 1 aromatic carbocycles. The number of nitrogens with zero attached hydrogens (tertiary/aromatic N) is 3. The first-order valence-electron chi connectivity index (χ1n) is 8.11. The van der Waals surface area contributed by atoms with E-state index in [2.05, 4.69) is 28.1 Å². The second kappa shape index (κ2) is 6.76. The second-order valence-corrected chi connectivity index (χ2v) is 5.80. The molecule has 0 atom stereocenters. The molecule has 128 valence electrons. The topological polar surface area (TPSA) is 68.4 Å². The van der Waals surface area contributed by atoms with Crippen molar-refractivity contribution in [3.63, 3.8) is 0 Å². The Morgan fingerprint density at radius 2 is 2.00 bits per heavy atom. The van der Waals surface area contributed by atoms with Crippen molar-refractivity contribution in [2.75, 3.05) is 0 Å². The van der Waals surface area contributed by atoms with Gasteiger partial charge in [0.1, 0.15) is 5.56 Å². The molecule has 1 N–H and O–H groups in total. The van der Waals surface area contributed by atoms with Crippen LogP contribution in [0.25, 0.3) is 10.9 Å². The lowest BCUT2D eigenvalue weighted by Gasteiger charge is -2.03. The van der Waals surface area contributed by atoms with E-state index in [9.17, 15) is 9.59 Å². The fourth-order valence-corrected chi connectivity index (χ4v) is 3.01. The number of para-hydroxylation sites is 1. The van der Waals surface area contributed by atoms with Crippen LogP contribution in [0.4, 0.5) is 0 Å². The van der Waals surface area contributed by atoms with Crippen LogP contribution in [0.5, 0.6) is 0 Å². The Labute approximate surface area is 145 Å². The molecule has 2 aromatic heterocycles. The predicted molar refractivity (Wildman–Crippen MR) is 99.1 cm³/mol. The molecule has 0 aliphatic heterocycles. The third kappa shape index (κ3) is 2.98. The van der Waals surface area contributed by atoms with E-state index in [1.165, 1.54) is 10.6 Å². The van der Waals surface area contributed by atoms with E-state index in [1.807, 2.05) is 25.1 Å². The molecule has 0 bridgehead atoms. The Morgan fingerprint density at radius 3 is 2.76 bits per heavy atom. The third-order valence-corrected chi connectivity index (χ3v) is 4.32. The number of pyridine rings is 1. The van der Waals surface area contributed by atoms with E-state index in [0.717, 1.165) is 28.7 Å². The maximum Gasteiger partial charge on any atom is 0.276 e. The maximum absolute atomic E-state index is 12.2. The molecule has 0 spiro atoms. The number of aromatic nitrogens is 2. The molecule has 0 radical (unpaired) electrons. The van der Waals surface area contributed by atoms with Gasteiger partial charge >= 0.3 is 0 Å². The Kier molecular flexibility index (Phi) is 4.52. The van der Waals surface area contributed by atoms with E-state index in [-0.39, 0.29) is 11.1 Å². The minimum Gasteiger partial charge on any atom is -0.344 e. The lowest BCUT2D eigenvalue weighted by molar-refractivity contribution is 0.0953. The number of rotatable bonds is 4. The van der Waals surface area contributed by atoms with Gasteiger partial charge in [0.15, 0.2) is 0 Å². The summed E-state index contributed by atoms with van der Waals surface area (Å²) < 4.78 is 3.56. The molecule has 6 heteroatoms. The number of benzene rings is 1. The number of hydrogen-bond donors (Lipinski definition) is 1. The van der Waals surface area contributed by atoms with Crippen molar-refractivity contribution in [1.82, 2.24) is 14.6 Å². The zero-order valence-electron chi connectivity index (χ0n) is 14.5. The van der Waals surface area contributed by atoms with Crippen molar-refractivity contribution < 1.29 is 4.79 Å². The predicted octanol–water partition coefficient (Wildman–Crippen LogP) is 2.43. The van der Waals surface area contributed by atoms with E-state index < -0.39 is 5.91 Å². The number of hydrogen-bond acceptors (Lipinski definition) is 3. The van der Waals surface area contributed by atoms with Gasteiger partial charge in [-0.05, 0) is 32.0 Å². The summed E-state index contributed by atoms with van der Waals surface area (Å²) in [5.41, 5.74) is 5.32. The van der Waals surface area contributed by atoms with Gasteiger partial charge in [-0.25, -0.2) is 5.43 Å². The van der Waals surface area contributed by atoms with Gasteiger partial charge in [-0.15, -0.1) is 0 Å². The van der Waals surface area contributed by atoms with Gasteiger partial charge in [0, 0.05) is 41.9 Å². The first-order chi connectivity index (χ1) is 12.0. The first-order valence-corrected chi connectivity index (χ1v) is 8.11. The quantitative estimate of drug-likeness (QED) is 0.587. The van der Waals surface area contributed by atoms with E-state index >= 15 is 0 Å². The number of amides is 1. The van der Waals surface area contributed by atoms with Gasteiger partial charge in [0.25, 0.3) is 11.5 Å². The number of aryl methyl sites for hydroxylation is 2. The fourth-order valence-electron chi connectivity index (χ4n) is 3.01. The normalized spacial score (nSPS) is 11.3. The average Bonchev–Trinajstić information content (AvgIpc) is 2.88. The molecule has 25 heavy (non-hydrogen) atoms. The first kappa shape index (κ1) is 16.7. The Hall–Kier alpha value is -3.15. The molecule has 3 aromatic rings. The van der Waals surface area contributed by atoms with Crippen molar-refractivity contribution in [1.29, 1.82) is 0 Å². The van der Waals surface area contributed by atoms with Crippen LogP contribution in [0, 0.1) is 6.92 Å². The molecule has 2 heterocycles. The van der Waals surface area contributed by atoms with Crippen molar-refractivity contribution in [3.8, 4) is 0 Å². The summed E-state index contributed by atoms with van der Waals surface area (Å²) in [5.74, 6) is -0.519. The molecule has 0 aliphatic rings. The maximum atomic E-state index is 12.2. The molecule has 0 fully saturated rings. The fraction of sp³-hybridized carbons (Fsp3) is 0.211. The molecule has 0 unspecified atom stereocenters. The lowest BCUT2D eigenvalue weighted by atomic mass is 10.1. The summed E-state index contributed by atoms with van der Waals surface area (Å²) in [6.07, 6.45) is 3.24. The highest BCUT2D eigenvalue weighted by molar-refractivity contribution is 6.02. The third-order valence-electron chi connectivity index (χ3n) is 4.32. The summed E-state index contributed by atoms with van der Waals surface area (Å²) in [4.78, 5) is 24.1. The summed E-state index contributed by atoms with van der Waals surface area (Å²) in [6.45, 7) is 4.97. The van der Waals surface area contributed by atoms with Gasteiger partial charge in [-0.3, -0.25) is 9.59 Å².